The topological polar surface area (TPSA) is 85.8 Å². The highest BCUT2D eigenvalue weighted by Crippen LogP contribution is 2.40. The maximum absolute atomic E-state index is 5.61. The van der Waals surface area contributed by atoms with Gasteiger partial charge in [-0.15, -0.1) is 0 Å². The highest BCUT2D eigenvalue weighted by Gasteiger charge is 2.24. The van der Waals surface area contributed by atoms with Crippen LogP contribution in [-0.4, -0.2) is 34.8 Å². The zero-order chi connectivity index (χ0) is 13.9. The Bertz CT molecular complexity index is 554. The average molecular weight is 274 g/mol. The molecule has 0 spiro atoms. The monoisotopic (exact) mass is 274 g/mol. The van der Waals surface area contributed by atoms with E-state index in [9.17, 15) is 0 Å². The van der Waals surface area contributed by atoms with Crippen LogP contribution in [-0.2, 0) is 0 Å². The van der Waals surface area contributed by atoms with E-state index in [1.54, 1.807) is 0 Å². The minimum atomic E-state index is 0.631. The van der Waals surface area contributed by atoms with Crippen molar-refractivity contribution in [1.82, 2.24) is 15.2 Å². The highest BCUT2D eigenvalue weighted by atomic mass is 15.3. The fraction of sp³-hybridized carbons (Fsp3) is 0.500. The van der Waals surface area contributed by atoms with E-state index in [1.807, 2.05) is 12.3 Å². The molecule has 2 aromatic heterocycles. The van der Waals surface area contributed by atoms with Crippen LogP contribution in [0.2, 0.25) is 0 Å². The van der Waals surface area contributed by atoms with Crippen molar-refractivity contribution in [2.75, 3.05) is 29.9 Å². The molecule has 0 atom stereocenters. The number of likely N-dealkylation sites (N-methyl/N-ethyl adjacent to an activating group) is 1. The number of hydrogen-bond acceptors (Lipinski definition) is 4. The molecule has 1 aliphatic rings. The molecular weight excluding hydrogens is 252 g/mol. The van der Waals surface area contributed by atoms with E-state index >= 15 is 0 Å². The van der Waals surface area contributed by atoms with Crippen molar-refractivity contribution < 1.29 is 0 Å². The second-order valence-corrected chi connectivity index (χ2v) is 5.25. The molecule has 0 unspecified atom stereocenters. The number of nitrogens with one attached hydrogen (secondary N) is 3. The molecule has 0 amide bonds. The molecule has 0 aromatic carbocycles. The summed E-state index contributed by atoms with van der Waals surface area (Å²) in [6, 6.07) is 4.19. The minimum absolute atomic E-state index is 0.631. The molecule has 3 rings (SSSR count). The van der Waals surface area contributed by atoms with Crippen molar-refractivity contribution in [2.45, 2.75) is 25.7 Å². The Kier molecular flexibility index (Phi) is 3.64. The first kappa shape index (κ1) is 13.1. The van der Waals surface area contributed by atoms with Gasteiger partial charge in [-0.25, -0.2) is 0 Å². The molecule has 1 fully saturated rings. The molecule has 6 heteroatoms. The Labute approximate surface area is 118 Å². The average Bonchev–Trinajstić information content (AvgIpc) is 3.03. The first-order chi connectivity index (χ1) is 9.80. The lowest BCUT2D eigenvalue weighted by atomic mass is 10.3. The summed E-state index contributed by atoms with van der Waals surface area (Å²) in [4.78, 5) is 5.47. The third kappa shape index (κ3) is 2.80. The van der Waals surface area contributed by atoms with Crippen molar-refractivity contribution in [3.8, 4) is 0 Å². The van der Waals surface area contributed by atoms with Crippen molar-refractivity contribution >= 4 is 17.3 Å². The predicted octanol–water partition coefficient (Wildman–Crippen LogP) is 2.14. The van der Waals surface area contributed by atoms with Crippen LogP contribution in [0.25, 0.3) is 0 Å². The molecule has 1 aliphatic carbocycles. The molecule has 0 bridgehead atoms. The van der Waals surface area contributed by atoms with Crippen LogP contribution in [0.1, 0.15) is 31.4 Å². The Morgan fingerprint density at radius 2 is 2.30 bits per heavy atom. The summed E-state index contributed by atoms with van der Waals surface area (Å²) in [7, 11) is 0. The van der Waals surface area contributed by atoms with Gasteiger partial charge in [-0.2, -0.15) is 5.10 Å². The normalized spacial score (nSPS) is 14.5. The van der Waals surface area contributed by atoms with Crippen molar-refractivity contribution in [3.63, 3.8) is 0 Å². The number of nitrogens with zero attached hydrogens (tertiary/aromatic N) is 2. The maximum atomic E-state index is 5.61. The Balaban J connectivity index is 1.66. The van der Waals surface area contributed by atoms with E-state index in [0.717, 1.165) is 36.3 Å². The summed E-state index contributed by atoms with van der Waals surface area (Å²) >= 11 is 0. The third-order valence-electron chi connectivity index (χ3n) is 3.67. The van der Waals surface area contributed by atoms with Gasteiger partial charge in [-0.3, -0.25) is 5.10 Å². The molecular formula is C14H22N6. The van der Waals surface area contributed by atoms with Crippen molar-refractivity contribution in [1.29, 1.82) is 0 Å². The number of aromatic nitrogens is 3. The molecule has 0 aliphatic heterocycles. The van der Waals surface area contributed by atoms with E-state index in [1.165, 1.54) is 18.5 Å². The van der Waals surface area contributed by atoms with Crippen LogP contribution in [0, 0.1) is 0 Å². The molecule has 0 saturated heterocycles. The molecule has 20 heavy (non-hydrogen) atoms. The maximum Gasteiger partial charge on any atom is 0.152 e. The second kappa shape index (κ2) is 5.58. The smallest absolute Gasteiger partial charge is 0.152 e. The lowest BCUT2D eigenvalue weighted by molar-refractivity contribution is 0.798. The second-order valence-electron chi connectivity index (χ2n) is 5.25. The van der Waals surface area contributed by atoms with E-state index in [2.05, 4.69) is 38.4 Å². The number of anilines is 3. The van der Waals surface area contributed by atoms with E-state index in [4.69, 9.17) is 5.73 Å². The van der Waals surface area contributed by atoms with Crippen LogP contribution < -0.4 is 16.0 Å². The highest BCUT2D eigenvalue weighted by molar-refractivity contribution is 5.60. The van der Waals surface area contributed by atoms with E-state index in [-0.39, 0.29) is 0 Å². The predicted molar refractivity (Wildman–Crippen MR) is 81.6 cm³/mol. The summed E-state index contributed by atoms with van der Waals surface area (Å²) in [5.74, 6) is 2.57. The van der Waals surface area contributed by atoms with Gasteiger partial charge in [0.25, 0.3) is 0 Å². The Morgan fingerprint density at radius 1 is 1.45 bits per heavy atom. The van der Waals surface area contributed by atoms with Crippen LogP contribution in [0.5, 0.6) is 0 Å². The minimum Gasteiger partial charge on any atom is -0.363 e. The summed E-state index contributed by atoms with van der Waals surface area (Å²) in [5.41, 5.74) is 8.01. The Morgan fingerprint density at radius 3 is 3.00 bits per heavy atom. The van der Waals surface area contributed by atoms with Crippen LogP contribution >= 0.6 is 0 Å². The molecule has 6 nitrogen and oxygen atoms in total. The fourth-order valence-electron chi connectivity index (χ4n) is 2.40. The summed E-state index contributed by atoms with van der Waals surface area (Å²) in [6.45, 7) is 4.45. The van der Waals surface area contributed by atoms with E-state index < -0.39 is 0 Å². The first-order valence-corrected chi connectivity index (χ1v) is 7.26. The van der Waals surface area contributed by atoms with E-state index in [0.29, 0.717) is 6.54 Å². The van der Waals surface area contributed by atoms with Crippen LogP contribution in [0.15, 0.2) is 18.3 Å². The first-order valence-electron chi connectivity index (χ1n) is 7.26. The van der Waals surface area contributed by atoms with Gasteiger partial charge in [0.05, 0.1) is 5.69 Å². The van der Waals surface area contributed by atoms with Gasteiger partial charge in [0.15, 0.2) is 5.82 Å². The number of rotatable bonds is 7. The zero-order valence-corrected chi connectivity index (χ0v) is 11.8. The molecule has 108 valence electrons. The summed E-state index contributed by atoms with van der Waals surface area (Å²) < 4.78 is 0. The van der Waals surface area contributed by atoms with Crippen molar-refractivity contribution in [3.05, 3.63) is 24.0 Å². The molecule has 1 saturated carbocycles. The molecule has 0 radical (unpaired) electrons. The van der Waals surface area contributed by atoms with Gasteiger partial charge in [-0.1, -0.05) is 0 Å². The summed E-state index contributed by atoms with van der Waals surface area (Å²) in [6.07, 6.45) is 4.61. The van der Waals surface area contributed by atoms with Gasteiger partial charge >= 0.3 is 0 Å². The quantitative estimate of drug-likeness (QED) is 0.623. The summed E-state index contributed by atoms with van der Waals surface area (Å²) in [5, 5.41) is 10.7. The van der Waals surface area contributed by atoms with Crippen LogP contribution in [0.3, 0.4) is 0 Å². The zero-order valence-electron chi connectivity index (χ0n) is 11.8. The van der Waals surface area contributed by atoms with Gasteiger partial charge < -0.3 is 20.9 Å². The lowest BCUT2D eigenvalue weighted by Gasteiger charge is -2.18. The number of H-pyrrole nitrogens is 2. The van der Waals surface area contributed by atoms with Gasteiger partial charge in [0.1, 0.15) is 5.82 Å². The van der Waals surface area contributed by atoms with Gasteiger partial charge in [-0.05, 0) is 31.7 Å². The fourth-order valence-corrected chi connectivity index (χ4v) is 2.40. The Hall–Kier alpha value is -1.95. The van der Waals surface area contributed by atoms with Crippen LogP contribution in [0.4, 0.5) is 17.3 Å². The molecule has 2 heterocycles. The number of nitrogens with two attached hydrogens (primary N) is 1. The number of hydrogen-bond donors (Lipinski definition) is 4. The SMILES string of the molecule is CCN(CCN)c1cc(Nc2c[nH]c(C3CC3)c2)[nH]n1. The van der Waals surface area contributed by atoms with Crippen molar-refractivity contribution in [2.24, 2.45) is 5.73 Å². The standard InChI is InChI=1S/C14H22N6/c1-2-20(6-5-15)14-8-13(18-19-14)17-11-7-12(16-9-11)10-3-4-10/h7-10,16H,2-6,15H2,1H3,(H2,17,18,19). The van der Waals surface area contributed by atoms with Gasteiger partial charge in [0, 0.05) is 37.6 Å². The lowest BCUT2D eigenvalue weighted by Crippen LogP contribution is -2.29. The number of aromatic amines is 2. The third-order valence-corrected chi connectivity index (χ3v) is 3.67. The van der Waals surface area contributed by atoms with Gasteiger partial charge in [0.2, 0.25) is 0 Å². The largest absolute Gasteiger partial charge is 0.363 e. The molecule has 2 aromatic rings. The molecule has 5 N–H and O–H groups in total.